The molecule has 1 saturated carbocycles. The van der Waals surface area contributed by atoms with E-state index in [0.717, 1.165) is 5.69 Å². The minimum absolute atomic E-state index is 0.301. The molecule has 1 aromatic rings. The van der Waals surface area contributed by atoms with Crippen molar-refractivity contribution in [3.05, 3.63) is 18.2 Å². The Labute approximate surface area is 101 Å². The summed E-state index contributed by atoms with van der Waals surface area (Å²) in [6.45, 7) is 0. The lowest BCUT2D eigenvalue weighted by atomic mass is 9.95. The van der Waals surface area contributed by atoms with Crippen LogP contribution in [0.15, 0.2) is 12.5 Å². The monoisotopic (exact) mass is 237 g/mol. The van der Waals surface area contributed by atoms with Crippen LogP contribution in [0.4, 0.5) is 0 Å². The molecule has 1 unspecified atom stereocenters. The van der Waals surface area contributed by atoms with Gasteiger partial charge in [-0.05, 0) is 12.8 Å². The second-order valence-electron chi connectivity index (χ2n) is 4.75. The first-order valence-electron chi connectivity index (χ1n) is 6.17. The van der Waals surface area contributed by atoms with Gasteiger partial charge in [0.25, 0.3) is 0 Å². The molecule has 1 fully saturated rings. The van der Waals surface area contributed by atoms with Crippen molar-refractivity contribution in [2.45, 2.75) is 50.6 Å². The zero-order valence-electron chi connectivity index (χ0n) is 9.88. The molecule has 0 radical (unpaired) electrons. The molecule has 1 heterocycles. The van der Waals surface area contributed by atoms with E-state index in [0.29, 0.717) is 12.5 Å². The van der Waals surface area contributed by atoms with Crippen molar-refractivity contribution < 1.29 is 9.90 Å². The molecule has 0 amide bonds. The van der Waals surface area contributed by atoms with E-state index in [-0.39, 0.29) is 0 Å². The molecule has 3 N–H and O–H groups in total. The van der Waals surface area contributed by atoms with Crippen molar-refractivity contribution in [2.75, 3.05) is 0 Å². The molecule has 17 heavy (non-hydrogen) atoms. The summed E-state index contributed by atoms with van der Waals surface area (Å²) in [5.74, 6) is -0.975. The number of rotatable bonds is 4. The van der Waals surface area contributed by atoms with Crippen molar-refractivity contribution in [3.63, 3.8) is 0 Å². The van der Waals surface area contributed by atoms with Gasteiger partial charge in [0.05, 0.1) is 12.0 Å². The highest BCUT2D eigenvalue weighted by Crippen LogP contribution is 2.27. The highest BCUT2D eigenvalue weighted by Gasteiger charge is 2.17. The summed E-state index contributed by atoms with van der Waals surface area (Å²) in [4.78, 5) is 14.9. The topological polar surface area (TPSA) is 81.1 Å². The third-order valence-electron chi connectivity index (χ3n) is 3.40. The Bertz CT molecular complexity index is 383. The Morgan fingerprint density at radius 1 is 1.53 bits per heavy atom. The molecule has 0 spiro atoms. The fourth-order valence-electron chi connectivity index (χ4n) is 2.38. The molecule has 1 aliphatic carbocycles. The number of hydrogen-bond donors (Lipinski definition) is 2. The van der Waals surface area contributed by atoms with Gasteiger partial charge in [-0.15, -0.1) is 0 Å². The molecular weight excluding hydrogens is 218 g/mol. The number of imidazole rings is 1. The Kier molecular flexibility index (Phi) is 3.78. The summed E-state index contributed by atoms with van der Waals surface area (Å²) in [5.41, 5.74) is 6.26. The molecular formula is C12H19N3O2. The number of hydrogen-bond acceptors (Lipinski definition) is 3. The molecule has 5 nitrogen and oxygen atoms in total. The molecule has 0 aliphatic heterocycles. The van der Waals surface area contributed by atoms with E-state index in [1.807, 2.05) is 6.20 Å². The Hall–Kier alpha value is -1.36. The predicted molar refractivity (Wildman–Crippen MR) is 63.7 cm³/mol. The van der Waals surface area contributed by atoms with Crippen molar-refractivity contribution in [2.24, 2.45) is 5.73 Å². The average molecular weight is 237 g/mol. The van der Waals surface area contributed by atoms with Crippen LogP contribution in [0.5, 0.6) is 0 Å². The molecule has 94 valence electrons. The number of aliphatic carboxylic acids is 1. The Morgan fingerprint density at radius 2 is 2.24 bits per heavy atom. The van der Waals surface area contributed by atoms with Gasteiger partial charge in [-0.1, -0.05) is 19.3 Å². The second-order valence-corrected chi connectivity index (χ2v) is 4.75. The largest absolute Gasteiger partial charge is 0.480 e. The van der Waals surface area contributed by atoms with Crippen LogP contribution in [0.3, 0.4) is 0 Å². The first kappa shape index (κ1) is 12.1. The van der Waals surface area contributed by atoms with Gasteiger partial charge in [-0.25, -0.2) is 4.98 Å². The molecule has 2 rings (SSSR count). The van der Waals surface area contributed by atoms with Crippen LogP contribution in [0.25, 0.3) is 0 Å². The van der Waals surface area contributed by atoms with Crippen LogP contribution >= 0.6 is 0 Å². The van der Waals surface area contributed by atoms with E-state index in [1.54, 1.807) is 6.33 Å². The summed E-state index contributed by atoms with van der Waals surface area (Å²) < 4.78 is 2.11. The summed E-state index contributed by atoms with van der Waals surface area (Å²) >= 11 is 0. The molecule has 0 bridgehead atoms. The maximum atomic E-state index is 10.7. The third kappa shape index (κ3) is 3.06. The zero-order chi connectivity index (χ0) is 12.3. The number of carbonyl (C=O) groups is 1. The number of nitrogens with two attached hydrogens (primary N) is 1. The number of carboxylic acid groups (broad SMARTS) is 1. The lowest BCUT2D eigenvalue weighted by Gasteiger charge is -2.22. The smallest absolute Gasteiger partial charge is 0.320 e. The van der Waals surface area contributed by atoms with Gasteiger partial charge in [-0.2, -0.15) is 0 Å². The van der Waals surface area contributed by atoms with E-state index in [9.17, 15) is 4.79 Å². The maximum Gasteiger partial charge on any atom is 0.320 e. The van der Waals surface area contributed by atoms with Crippen LogP contribution in [-0.4, -0.2) is 26.7 Å². The van der Waals surface area contributed by atoms with E-state index in [1.165, 1.54) is 32.1 Å². The van der Waals surface area contributed by atoms with Gasteiger partial charge in [-0.3, -0.25) is 4.79 Å². The van der Waals surface area contributed by atoms with Crippen LogP contribution in [0.2, 0.25) is 0 Å². The summed E-state index contributed by atoms with van der Waals surface area (Å²) in [6.07, 6.45) is 10.3. The van der Waals surface area contributed by atoms with Gasteiger partial charge in [0.2, 0.25) is 0 Å². The van der Waals surface area contributed by atoms with Gasteiger partial charge in [0.1, 0.15) is 6.04 Å². The van der Waals surface area contributed by atoms with Crippen molar-refractivity contribution >= 4 is 5.97 Å². The fourth-order valence-corrected chi connectivity index (χ4v) is 2.38. The lowest BCUT2D eigenvalue weighted by molar-refractivity contribution is -0.138. The average Bonchev–Trinajstić information content (AvgIpc) is 2.78. The van der Waals surface area contributed by atoms with Gasteiger partial charge in [0, 0.05) is 18.7 Å². The van der Waals surface area contributed by atoms with Gasteiger partial charge in [0.15, 0.2) is 0 Å². The highest BCUT2D eigenvalue weighted by atomic mass is 16.4. The van der Waals surface area contributed by atoms with Gasteiger partial charge >= 0.3 is 5.97 Å². The normalized spacial score (nSPS) is 19.1. The Balaban J connectivity index is 1.97. The van der Waals surface area contributed by atoms with Crippen LogP contribution in [-0.2, 0) is 11.2 Å². The second kappa shape index (κ2) is 5.31. The molecule has 0 aromatic carbocycles. The molecule has 1 aromatic heterocycles. The minimum atomic E-state index is -0.975. The van der Waals surface area contributed by atoms with Gasteiger partial charge < -0.3 is 15.4 Å². The minimum Gasteiger partial charge on any atom is -0.480 e. The first-order valence-corrected chi connectivity index (χ1v) is 6.17. The zero-order valence-corrected chi connectivity index (χ0v) is 9.88. The van der Waals surface area contributed by atoms with E-state index in [4.69, 9.17) is 10.8 Å². The number of carboxylic acids is 1. The summed E-state index contributed by atoms with van der Waals surface area (Å²) in [6, 6.07) is -0.323. The third-order valence-corrected chi connectivity index (χ3v) is 3.40. The highest BCUT2D eigenvalue weighted by molar-refractivity contribution is 5.73. The first-order chi connectivity index (χ1) is 8.16. The maximum absolute atomic E-state index is 10.7. The van der Waals surface area contributed by atoms with Crippen molar-refractivity contribution in [1.29, 1.82) is 0 Å². The molecule has 5 heteroatoms. The van der Waals surface area contributed by atoms with E-state index < -0.39 is 12.0 Å². The molecule has 1 aliphatic rings. The summed E-state index contributed by atoms with van der Waals surface area (Å²) in [7, 11) is 0. The fraction of sp³-hybridized carbons (Fsp3) is 0.667. The van der Waals surface area contributed by atoms with E-state index >= 15 is 0 Å². The Morgan fingerprint density at radius 3 is 2.88 bits per heavy atom. The van der Waals surface area contributed by atoms with Crippen LogP contribution < -0.4 is 5.73 Å². The van der Waals surface area contributed by atoms with Crippen molar-refractivity contribution in [1.82, 2.24) is 9.55 Å². The van der Waals surface area contributed by atoms with E-state index in [2.05, 4.69) is 9.55 Å². The summed E-state index contributed by atoms with van der Waals surface area (Å²) in [5, 5.41) is 8.74. The SMILES string of the molecule is NC(Cc1cn(C2CCCCC2)cn1)C(=O)O. The standard InChI is InChI=1S/C12H19N3O2/c13-11(12(16)17)6-9-7-15(8-14-9)10-4-2-1-3-5-10/h7-8,10-11H,1-6,13H2,(H,16,17). The van der Waals surface area contributed by atoms with Crippen LogP contribution in [0.1, 0.15) is 43.8 Å². The lowest BCUT2D eigenvalue weighted by Crippen LogP contribution is -2.32. The predicted octanol–water partition coefficient (Wildman–Crippen LogP) is 1.34. The quantitative estimate of drug-likeness (QED) is 0.828. The molecule has 0 saturated heterocycles. The molecule has 1 atom stereocenters. The van der Waals surface area contributed by atoms with Crippen molar-refractivity contribution in [3.8, 4) is 0 Å². The number of nitrogens with zero attached hydrogens (tertiary/aromatic N) is 2. The number of aromatic nitrogens is 2. The van der Waals surface area contributed by atoms with Crippen LogP contribution in [0, 0.1) is 0 Å².